The van der Waals surface area contributed by atoms with Crippen LogP contribution in [0.25, 0.3) is 0 Å². The van der Waals surface area contributed by atoms with Gasteiger partial charge in [0.2, 0.25) is 17.6 Å². The lowest BCUT2D eigenvalue weighted by atomic mass is 9.81. The van der Waals surface area contributed by atoms with Gasteiger partial charge in [-0.1, -0.05) is 85.9 Å². The number of carbonyl (C=O) groups excluding carboxylic acids is 4. The molecule has 5 atom stereocenters. The summed E-state index contributed by atoms with van der Waals surface area (Å²) in [5.74, 6) is -2.27. The van der Waals surface area contributed by atoms with Crippen molar-refractivity contribution in [2.75, 3.05) is 4.90 Å². The summed E-state index contributed by atoms with van der Waals surface area (Å²) in [5.41, 5.74) is 1.47. The minimum atomic E-state index is -1.18. The van der Waals surface area contributed by atoms with Gasteiger partial charge in [-0.3, -0.25) is 19.3 Å². The fraction of sp³-hybridized carbons (Fsp3) is 0.241. The van der Waals surface area contributed by atoms with E-state index < -0.39 is 12.1 Å². The Balaban J connectivity index is 1.36. The van der Waals surface area contributed by atoms with Crippen LogP contribution in [0.15, 0.2) is 78.9 Å². The lowest BCUT2D eigenvalue weighted by molar-refractivity contribution is -0.122. The summed E-state index contributed by atoms with van der Waals surface area (Å²) in [5, 5.41) is 0.491. The molecule has 1 saturated carbocycles. The molecule has 3 aromatic carbocycles. The predicted molar refractivity (Wildman–Crippen MR) is 151 cm³/mol. The van der Waals surface area contributed by atoms with Crippen LogP contribution in [-0.2, 0) is 14.3 Å². The summed E-state index contributed by atoms with van der Waals surface area (Å²) >= 11 is 13.2. The molecular weight excluding hydrogens is 638 g/mol. The van der Waals surface area contributed by atoms with E-state index in [0.29, 0.717) is 34.7 Å². The number of nitrogens with zero attached hydrogens (tertiary/aromatic N) is 1. The number of benzene rings is 3. The maximum atomic E-state index is 13.3. The van der Waals surface area contributed by atoms with Crippen LogP contribution in [0.2, 0.25) is 5.02 Å². The molecule has 1 saturated heterocycles. The number of esters is 1. The maximum Gasteiger partial charge on any atom is 0.339 e. The Hall–Kier alpha value is -2.81. The Labute approximate surface area is 241 Å². The van der Waals surface area contributed by atoms with Crippen LogP contribution in [-0.4, -0.2) is 33.2 Å². The van der Waals surface area contributed by atoms with Crippen LogP contribution in [0.5, 0.6) is 0 Å². The maximum absolute atomic E-state index is 13.3. The summed E-state index contributed by atoms with van der Waals surface area (Å²) in [4.78, 5) is 54.0. The van der Waals surface area contributed by atoms with Crippen LogP contribution < -0.4 is 4.90 Å². The average molecular weight is 660 g/mol. The standard InChI is InChI=1S/C29H22Br2ClNO5/c30-23-14-21-22(15-24(23)31)28(36)33(27(21)35)20-12-8-18(9-13-20)29(37)38-26(17-6-10-19(32)11-7-17)25(34)16-4-2-1-3-5-16/h1-13,21-24,26H,14-15H2/t21-,22+,23+,24-,26-/m0/s1. The summed E-state index contributed by atoms with van der Waals surface area (Å²) < 4.78 is 5.70. The fourth-order valence-electron chi connectivity index (χ4n) is 4.94. The Kier molecular flexibility index (Phi) is 7.84. The number of hydrogen-bond donors (Lipinski definition) is 0. The zero-order valence-corrected chi connectivity index (χ0v) is 23.9. The summed E-state index contributed by atoms with van der Waals surface area (Å²) in [6.07, 6.45) is -0.0256. The molecule has 1 aliphatic carbocycles. The molecule has 2 aliphatic rings. The molecule has 2 fully saturated rings. The van der Waals surface area contributed by atoms with Crippen LogP contribution in [0.1, 0.15) is 45.2 Å². The monoisotopic (exact) mass is 657 g/mol. The lowest BCUT2D eigenvalue weighted by Gasteiger charge is -2.29. The van der Waals surface area contributed by atoms with Gasteiger partial charge < -0.3 is 4.74 Å². The number of amides is 2. The molecule has 38 heavy (non-hydrogen) atoms. The first-order valence-corrected chi connectivity index (χ1v) is 14.3. The summed E-state index contributed by atoms with van der Waals surface area (Å²) in [6.45, 7) is 0. The van der Waals surface area contributed by atoms with Crippen molar-refractivity contribution in [2.45, 2.75) is 28.6 Å². The summed E-state index contributed by atoms with van der Waals surface area (Å²) in [7, 11) is 0. The average Bonchev–Trinajstić information content (AvgIpc) is 3.16. The van der Waals surface area contributed by atoms with E-state index in [4.69, 9.17) is 16.3 Å². The Morgan fingerprint density at radius 3 is 1.89 bits per heavy atom. The van der Waals surface area contributed by atoms with Crippen LogP contribution >= 0.6 is 43.5 Å². The van der Waals surface area contributed by atoms with Crippen molar-refractivity contribution in [3.63, 3.8) is 0 Å². The Morgan fingerprint density at radius 2 is 1.34 bits per heavy atom. The minimum Gasteiger partial charge on any atom is -0.445 e. The van der Waals surface area contributed by atoms with Gasteiger partial charge >= 0.3 is 5.97 Å². The molecule has 1 heterocycles. The van der Waals surface area contributed by atoms with Crippen LogP contribution in [0, 0.1) is 11.8 Å². The Bertz CT molecular complexity index is 1350. The van der Waals surface area contributed by atoms with E-state index in [1.165, 1.54) is 17.0 Å². The van der Waals surface area contributed by atoms with Gasteiger partial charge in [-0.2, -0.15) is 0 Å². The molecule has 9 heteroatoms. The molecule has 0 N–H and O–H groups in total. The second-order valence-electron chi connectivity index (χ2n) is 9.34. The number of imide groups is 1. The number of alkyl halides is 2. The van der Waals surface area contributed by atoms with E-state index in [-0.39, 0.29) is 44.7 Å². The first-order chi connectivity index (χ1) is 18.2. The fourth-order valence-corrected chi connectivity index (χ4v) is 6.30. The number of anilines is 1. The van der Waals surface area contributed by atoms with Crippen molar-refractivity contribution >= 4 is 72.7 Å². The van der Waals surface area contributed by atoms with Crippen LogP contribution in [0.3, 0.4) is 0 Å². The zero-order chi connectivity index (χ0) is 27.0. The molecular formula is C29H22Br2ClNO5. The number of ether oxygens (including phenoxy) is 1. The van der Waals surface area contributed by atoms with Crippen molar-refractivity contribution in [3.05, 3.63) is 101 Å². The first kappa shape index (κ1) is 26.8. The van der Waals surface area contributed by atoms with Crippen molar-refractivity contribution in [1.82, 2.24) is 0 Å². The SMILES string of the molecule is O=C(O[C@H](C(=O)c1ccccc1)c1ccc(Cl)cc1)c1ccc(N2C(=O)[C@H]3C[C@@H](Br)[C@@H](Br)C[C@H]3C2=O)cc1. The van der Waals surface area contributed by atoms with E-state index in [9.17, 15) is 19.2 Å². The normalized spacial score (nSPS) is 23.6. The highest BCUT2D eigenvalue weighted by Crippen LogP contribution is 2.44. The topological polar surface area (TPSA) is 80.8 Å². The molecule has 0 radical (unpaired) electrons. The zero-order valence-electron chi connectivity index (χ0n) is 19.9. The molecule has 5 rings (SSSR count). The molecule has 0 spiro atoms. The molecule has 2 amide bonds. The number of ketones is 1. The largest absolute Gasteiger partial charge is 0.445 e. The van der Waals surface area contributed by atoms with Gasteiger partial charge in [-0.05, 0) is 49.2 Å². The number of hydrogen-bond acceptors (Lipinski definition) is 5. The second kappa shape index (κ2) is 11.1. The molecule has 3 aromatic rings. The highest BCUT2D eigenvalue weighted by molar-refractivity contribution is 9.12. The van der Waals surface area contributed by atoms with Gasteiger partial charge in [0, 0.05) is 25.8 Å². The van der Waals surface area contributed by atoms with Gasteiger partial charge in [0.1, 0.15) is 0 Å². The number of Topliss-reactive ketones (excluding diaryl/α,β-unsaturated/α-hetero) is 1. The molecule has 0 bridgehead atoms. The van der Waals surface area contributed by atoms with Gasteiger partial charge in [0.15, 0.2) is 6.10 Å². The highest BCUT2D eigenvalue weighted by Gasteiger charge is 2.52. The van der Waals surface area contributed by atoms with Gasteiger partial charge in [-0.15, -0.1) is 0 Å². The number of carbonyl (C=O) groups is 4. The highest BCUT2D eigenvalue weighted by atomic mass is 79.9. The van der Waals surface area contributed by atoms with E-state index in [1.807, 2.05) is 0 Å². The number of rotatable bonds is 6. The quantitative estimate of drug-likeness (QED) is 0.130. The number of halogens is 3. The van der Waals surface area contributed by atoms with Crippen molar-refractivity contribution in [3.8, 4) is 0 Å². The smallest absolute Gasteiger partial charge is 0.339 e. The van der Waals surface area contributed by atoms with Gasteiger partial charge in [0.05, 0.1) is 23.1 Å². The third-order valence-electron chi connectivity index (χ3n) is 6.97. The van der Waals surface area contributed by atoms with E-state index >= 15 is 0 Å². The molecule has 194 valence electrons. The Morgan fingerprint density at radius 1 is 0.789 bits per heavy atom. The van der Waals surface area contributed by atoms with E-state index in [0.717, 1.165) is 0 Å². The molecule has 0 aromatic heterocycles. The van der Waals surface area contributed by atoms with E-state index in [2.05, 4.69) is 31.9 Å². The van der Waals surface area contributed by atoms with Crippen molar-refractivity contribution in [1.29, 1.82) is 0 Å². The first-order valence-electron chi connectivity index (χ1n) is 12.1. The third kappa shape index (κ3) is 5.22. The third-order valence-corrected chi connectivity index (χ3v) is 9.95. The number of fused-ring (bicyclic) bond motifs is 1. The lowest BCUT2D eigenvalue weighted by Crippen LogP contribution is -2.34. The van der Waals surface area contributed by atoms with Crippen molar-refractivity contribution < 1.29 is 23.9 Å². The second-order valence-corrected chi connectivity index (χ2v) is 12.1. The van der Waals surface area contributed by atoms with E-state index in [1.54, 1.807) is 66.7 Å². The van der Waals surface area contributed by atoms with Gasteiger partial charge in [0.25, 0.3) is 0 Å². The minimum absolute atomic E-state index is 0.116. The molecule has 6 nitrogen and oxygen atoms in total. The van der Waals surface area contributed by atoms with Gasteiger partial charge in [-0.25, -0.2) is 4.79 Å². The van der Waals surface area contributed by atoms with Crippen LogP contribution in [0.4, 0.5) is 5.69 Å². The molecule has 1 aliphatic heterocycles. The summed E-state index contributed by atoms with van der Waals surface area (Å²) in [6, 6.07) is 21.2. The predicted octanol–water partition coefficient (Wildman–Crippen LogP) is 6.55. The molecule has 0 unspecified atom stereocenters. The van der Waals surface area contributed by atoms with Crippen molar-refractivity contribution in [2.24, 2.45) is 11.8 Å².